The maximum absolute atomic E-state index is 13.0. The molecule has 170 valence electrons. The molecule has 4 rings (SSSR count). The minimum Gasteiger partial charge on any atom is -0.495 e. The number of rotatable bonds is 7. The standard InChI is InChI=1S/C24H27NO6S/c1-30-22-11-10-20(15-23(22)32(28,29)25-12-4-5-13-25)24(27)31-16-21(26)19-9-8-17-6-2-3-7-18(17)14-19/h8-11,14-15H,2-7,12-13,16H2,1H3. The van der Waals surface area contributed by atoms with Gasteiger partial charge < -0.3 is 9.47 Å². The summed E-state index contributed by atoms with van der Waals surface area (Å²) in [5.41, 5.74) is 3.03. The van der Waals surface area contributed by atoms with Crippen LogP contribution in [0.2, 0.25) is 0 Å². The SMILES string of the molecule is COc1ccc(C(=O)OCC(=O)c2ccc3c(c2)CCCC3)cc1S(=O)(=O)N1CCCC1. The summed E-state index contributed by atoms with van der Waals surface area (Å²) in [5.74, 6) is -0.874. The molecule has 32 heavy (non-hydrogen) atoms. The van der Waals surface area contributed by atoms with Gasteiger partial charge in [0.15, 0.2) is 12.4 Å². The Morgan fingerprint density at radius 2 is 1.59 bits per heavy atom. The van der Waals surface area contributed by atoms with E-state index in [1.165, 1.54) is 40.7 Å². The molecule has 2 aliphatic rings. The maximum Gasteiger partial charge on any atom is 0.338 e. The normalized spacial score (nSPS) is 16.4. The predicted molar refractivity (Wildman–Crippen MR) is 119 cm³/mol. The Kier molecular flexibility index (Phi) is 6.62. The van der Waals surface area contributed by atoms with Gasteiger partial charge >= 0.3 is 5.97 Å². The highest BCUT2D eigenvalue weighted by molar-refractivity contribution is 7.89. The quantitative estimate of drug-likeness (QED) is 0.468. The molecule has 8 heteroatoms. The van der Waals surface area contributed by atoms with Crippen LogP contribution in [0.3, 0.4) is 0 Å². The molecule has 0 unspecified atom stereocenters. The Balaban J connectivity index is 1.48. The molecular formula is C24H27NO6S. The van der Waals surface area contributed by atoms with Crippen LogP contribution in [0.5, 0.6) is 5.75 Å². The number of nitrogens with zero attached hydrogens (tertiary/aromatic N) is 1. The molecule has 0 spiro atoms. The number of carbonyl (C=O) groups excluding carboxylic acids is 2. The summed E-state index contributed by atoms with van der Waals surface area (Å²) in [6.07, 6.45) is 5.85. The van der Waals surface area contributed by atoms with E-state index >= 15 is 0 Å². The second-order valence-corrected chi connectivity index (χ2v) is 10.1. The van der Waals surface area contributed by atoms with Crippen molar-refractivity contribution in [2.75, 3.05) is 26.8 Å². The van der Waals surface area contributed by atoms with Gasteiger partial charge in [0.25, 0.3) is 0 Å². The second kappa shape index (κ2) is 9.42. The van der Waals surface area contributed by atoms with Crippen LogP contribution in [-0.4, -0.2) is 51.3 Å². The van der Waals surface area contributed by atoms with Gasteiger partial charge in [0.05, 0.1) is 12.7 Å². The summed E-state index contributed by atoms with van der Waals surface area (Å²) < 4.78 is 37.8. The number of aryl methyl sites for hydroxylation is 2. The molecule has 0 bridgehead atoms. The van der Waals surface area contributed by atoms with Crippen LogP contribution < -0.4 is 4.74 Å². The van der Waals surface area contributed by atoms with Gasteiger partial charge in [-0.2, -0.15) is 4.31 Å². The number of Topliss-reactive ketones (excluding diaryl/α,β-unsaturated/α-hetero) is 1. The van der Waals surface area contributed by atoms with Gasteiger partial charge in [-0.1, -0.05) is 12.1 Å². The van der Waals surface area contributed by atoms with E-state index < -0.39 is 22.6 Å². The fourth-order valence-corrected chi connectivity index (χ4v) is 5.98. The van der Waals surface area contributed by atoms with Crippen molar-refractivity contribution < 1.29 is 27.5 Å². The van der Waals surface area contributed by atoms with Crippen LogP contribution in [0.1, 0.15) is 57.5 Å². The second-order valence-electron chi connectivity index (χ2n) is 8.17. The number of sulfonamides is 1. The topological polar surface area (TPSA) is 90.0 Å². The largest absolute Gasteiger partial charge is 0.495 e. The molecule has 0 N–H and O–H groups in total. The predicted octanol–water partition coefficient (Wildman–Crippen LogP) is 3.40. The number of hydrogen-bond acceptors (Lipinski definition) is 6. The minimum atomic E-state index is -3.79. The monoisotopic (exact) mass is 457 g/mol. The first-order valence-corrected chi connectivity index (χ1v) is 12.3. The Bertz CT molecular complexity index is 1140. The first-order valence-electron chi connectivity index (χ1n) is 10.9. The van der Waals surface area contributed by atoms with Crippen molar-refractivity contribution in [1.29, 1.82) is 0 Å². The van der Waals surface area contributed by atoms with Crippen molar-refractivity contribution in [3.63, 3.8) is 0 Å². The summed E-state index contributed by atoms with van der Waals surface area (Å²) in [6, 6.07) is 9.77. The molecule has 0 amide bonds. The Morgan fingerprint density at radius 1 is 0.906 bits per heavy atom. The molecule has 1 fully saturated rings. The van der Waals surface area contributed by atoms with Gasteiger partial charge in [-0.25, -0.2) is 13.2 Å². The highest BCUT2D eigenvalue weighted by Gasteiger charge is 2.31. The molecule has 1 saturated heterocycles. The summed E-state index contributed by atoms with van der Waals surface area (Å²) in [5, 5.41) is 0. The average Bonchev–Trinajstić information content (AvgIpc) is 3.37. The van der Waals surface area contributed by atoms with Crippen LogP contribution >= 0.6 is 0 Å². The lowest BCUT2D eigenvalue weighted by atomic mass is 9.90. The molecule has 1 heterocycles. The zero-order valence-corrected chi connectivity index (χ0v) is 18.9. The van der Waals surface area contributed by atoms with Crippen molar-refractivity contribution >= 4 is 21.8 Å². The van der Waals surface area contributed by atoms with E-state index in [0.717, 1.165) is 38.5 Å². The number of carbonyl (C=O) groups is 2. The number of fused-ring (bicyclic) bond motifs is 1. The third kappa shape index (κ3) is 4.56. The summed E-state index contributed by atoms with van der Waals surface area (Å²) in [6.45, 7) is 0.475. The molecule has 7 nitrogen and oxygen atoms in total. The van der Waals surface area contributed by atoms with Gasteiger partial charge in [0, 0.05) is 18.7 Å². The zero-order chi connectivity index (χ0) is 22.7. The molecule has 1 aliphatic heterocycles. The van der Waals surface area contributed by atoms with Gasteiger partial charge in [0.2, 0.25) is 10.0 Å². The van der Waals surface area contributed by atoms with Gasteiger partial charge in [0.1, 0.15) is 10.6 Å². The number of hydrogen-bond donors (Lipinski definition) is 0. The van der Waals surface area contributed by atoms with Crippen molar-refractivity contribution in [3.8, 4) is 5.75 Å². The first kappa shape index (κ1) is 22.5. The van der Waals surface area contributed by atoms with E-state index in [1.54, 1.807) is 6.07 Å². The lowest BCUT2D eigenvalue weighted by Crippen LogP contribution is -2.28. The van der Waals surface area contributed by atoms with Crippen LogP contribution in [-0.2, 0) is 27.6 Å². The number of ether oxygens (including phenoxy) is 2. The van der Waals surface area contributed by atoms with Crippen LogP contribution in [0.4, 0.5) is 0 Å². The number of ketones is 1. The van der Waals surface area contributed by atoms with Crippen LogP contribution in [0.15, 0.2) is 41.3 Å². The fraction of sp³-hybridized carbons (Fsp3) is 0.417. The van der Waals surface area contributed by atoms with E-state index in [-0.39, 0.29) is 22.0 Å². The summed E-state index contributed by atoms with van der Waals surface area (Å²) in [7, 11) is -2.40. The molecule has 0 aromatic heterocycles. The van der Waals surface area contributed by atoms with Crippen LogP contribution in [0.25, 0.3) is 0 Å². The highest BCUT2D eigenvalue weighted by atomic mass is 32.2. The molecule has 2 aromatic carbocycles. The smallest absolute Gasteiger partial charge is 0.338 e. The molecule has 0 radical (unpaired) electrons. The van der Waals surface area contributed by atoms with E-state index in [1.807, 2.05) is 12.1 Å². The van der Waals surface area contributed by atoms with E-state index in [4.69, 9.17) is 9.47 Å². The summed E-state index contributed by atoms with van der Waals surface area (Å²) >= 11 is 0. The molecular weight excluding hydrogens is 430 g/mol. The Morgan fingerprint density at radius 3 is 2.31 bits per heavy atom. The number of benzene rings is 2. The van der Waals surface area contributed by atoms with Crippen molar-refractivity contribution in [2.45, 2.75) is 43.4 Å². The van der Waals surface area contributed by atoms with Crippen molar-refractivity contribution in [3.05, 3.63) is 58.7 Å². The average molecular weight is 458 g/mol. The summed E-state index contributed by atoms with van der Waals surface area (Å²) in [4.78, 5) is 25.1. The first-order chi connectivity index (χ1) is 15.4. The molecule has 0 saturated carbocycles. The van der Waals surface area contributed by atoms with E-state index in [9.17, 15) is 18.0 Å². The lowest BCUT2D eigenvalue weighted by Gasteiger charge is -2.18. The van der Waals surface area contributed by atoms with Gasteiger partial charge in [-0.3, -0.25) is 4.79 Å². The minimum absolute atomic E-state index is 0.0572. The van der Waals surface area contributed by atoms with Gasteiger partial charge in [-0.05, 0) is 73.9 Å². The van der Waals surface area contributed by atoms with Crippen LogP contribution in [0, 0.1) is 0 Å². The third-order valence-electron chi connectivity index (χ3n) is 6.09. The Labute approximate surface area is 188 Å². The molecule has 0 atom stereocenters. The fourth-order valence-electron chi connectivity index (χ4n) is 4.28. The third-order valence-corrected chi connectivity index (χ3v) is 8.01. The van der Waals surface area contributed by atoms with Gasteiger partial charge in [-0.15, -0.1) is 0 Å². The Hall–Kier alpha value is -2.71. The zero-order valence-electron chi connectivity index (χ0n) is 18.1. The molecule has 1 aliphatic carbocycles. The van der Waals surface area contributed by atoms with E-state index in [2.05, 4.69) is 0 Å². The van der Waals surface area contributed by atoms with Crippen molar-refractivity contribution in [2.24, 2.45) is 0 Å². The lowest BCUT2D eigenvalue weighted by molar-refractivity contribution is 0.0474. The number of esters is 1. The number of methoxy groups -OCH3 is 1. The highest BCUT2D eigenvalue weighted by Crippen LogP contribution is 2.30. The van der Waals surface area contributed by atoms with E-state index in [0.29, 0.717) is 18.7 Å². The van der Waals surface area contributed by atoms with Crippen molar-refractivity contribution in [1.82, 2.24) is 4.31 Å². The molecule has 2 aromatic rings. The maximum atomic E-state index is 13.0.